The molecule has 164 valence electrons. The fourth-order valence-electron chi connectivity index (χ4n) is 3.54. The number of nitrogens with one attached hydrogen (secondary N) is 1. The number of carbonyl (C=O) groups is 1. The topological polar surface area (TPSA) is 60.4 Å². The molecule has 1 amide bonds. The highest BCUT2D eigenvalue weighted by Gasteiger charge is 2.25. The quantitative estimate of drug-likeness (QED) is 0.274. The van der Waals surface area contributed by atoms with E-state index < -0.39 is 5.60 Å². The number of hydrogen-bond acceptors (Lipinski definition) is 4. The van der Waals surface area contributed by atoms with Crippen LogP contribution in [-0.2, 0) is 4.74 Å². The van der Waals surface area contributed by atoms with Crippen molar-refractivity contribution in [2.24, 2.45) is 10.9 Å². The van der Waals surface area contributed by atoms with Gasteiger partial charge in [0.15, 0.2) is 5.96 Å². The zero-order chi connectivity index (χ0) is 19.9. The second kappa shape index (κ2) is 12.0. The van der Waals surface area contributed by atoms with Crippen molar-refractivity contribution in [3.63, 3.8) is 0 Å². The van der Waals surface area contributed by atoms with E-state index >= 15 is 0 Å². The van der Waals surface area contributed by atoms with Crippen molar-refractivity contribution in [2.75, 3.05) is 59.4 Å². The van der Waals surface area contributed by atoms with E-state index in [1.165, 1.54) is 12.8 Å². The van der Waals surface area contributed by atoms with Gasteiger partial charge in [0.1, 0.15) is 5.60 Å². The molecule has 0 atom stereocenters. The lowest BCUT2D eigenvalue weighted by Gasteiger charge is -2.35. The Morgan fingerprint density at radius 1 is 1.07 bits per heavy atom. The first-order valence-electron chi connectivity index (χ1n) is 10.4. The predicted octanol–water partition coefficient (Wildman–Crippen LogP) is 2.85. The summed E-state index contributed by atoms with van der Waals surface area (Å²) in [5.74, 6) is 1.87. The summed E-state index contributed by atoms with van der Waals surface area (Å²) < 4.78 is 5.45. The highest BCUT2D eigenvalue weighted by molar-refractivity contribution is 14.0. The normalized spacial score (nSPS) is 20.0. The monoisotopic (exact) mass is 509 g/mol. The van der Waals surface area contributed by atoms with E-state index in [2.05, 4.69) is 27.0 Å². The van der Waals surface area contributed by atoms with Crippen LogP contribution in [0.1, 0.15) is 47.0 Å². The summed E-state index contributed by atoms with van der Waals surface area (Å²) in [6.45, 7) is 15.6. The molecule has 0 aromatic carbocycles. The third-order valence-corrected chi connectivity index (χ3v) is 5.25. The molecule has 8 heteroatoms. The number of rotatable bonds is 4. The van der Waals surface area contributed by atoms with Crippen molar-refractivity contribution >= 4 is 36.0 Å². The van der Waals surface area contributed by atoms with Gasteiger partial charge >= 0.3 is 6.09 Å². The van der Waals surface area contributed by atoms with Gasteiger partial charge in [0.25, 0.3) is 0 Å². The number of hydrogen-bond donors (Lipinski definition) is 1. The van der Waals surface area contributed by atoms with Gasteiger partial charge in [-0.1, -0.05) is 6.92 Å². The molecule has 2 saturated heterocycles. The van der Waals surface area contributed by atoms with Crippen LogP contribution in [0.25, 0.3) is 0 Å². The van der Waals surface area contributed by atoms with Crippen molar-refractivity contribution in [1.29, 1.82) is 0 Å². The molecule has 0 spiro atoms. The Morgan fingerprint density at radius 3 is 2.21 bits per heavy atom. The number of ether oxygens (including phenoxy) is 1. The van der Waals surface area contributed by atoms with Gasteiger partial charge in [0.2, 0.25) is 0 Å². The lowest BCUT2D eigenvalue weighted by Crippen LogP contribution is -2.50. The Morgan fingerprint density at radius 2 is 1.68 bits per heavy atom. The van der Waals surface area contributed by atoms with Crippen molar-refractivity contribution in [3.05, 3.63) is 0 Å². The minimum absolute atomic E-state index is 0. The molecular formula is C20H40IN5O2. The standard InChI is InChI=1S/C20H39N5O2.HI/c1-17-7-11-24(12-8-17)18(21-5)22-9-6-10-23-13-15-25(16-14-23)19(26)27-20(2,3)4;/h17H,6-16H2,1-5H3,(H,21,22);1H. The molecule has 0 aliphatic carbocycles. The first kappa shape index (κ1) is 25.3. The third kappa shape index (κ3) is 8.71. The lowest BCUT2D eigenvalue weighted by molar-refractivity contribution is 0.0145. The van der Waals surface area contributed by atoms with E-state index in [-0.39, 0.29) is 30.1 Å². The van der Waals surface area contributed by atoms with Gasteiger partial charge in [-0.2, -0.15) is 0 Å². The predicted molar refractivity (Wildman–Crippen MR) is 126 cm³/mol. The number of likely N-dealkylation sites (tertiary alicyclic amines) is 1. The number of piperidine rings is 1. The highest BCUT2D eigenvalue weighted by Crippen LogP contribution is 2.16. The van der Waals surface area contributed by atoms with Gasteiger partial charge in [-0.05, 0) is 52.5 Å². The van der Waals surface area contributed by atoms with Crippen LogP contribution in [0.2, 0.25) is 0 Å². The number of halogens is 1. The molecule has 2 rings (SSSR count). The minimum atomic E-state index is -0.426. The average molecular weight is 509 g/mol. The van der Waals surface area contributed by atoms with Gasteiger partial charge < -0.3 is 19.9 Å². The molecule has 2 heterocycles. The second-order valence-corrected chi connectivity index (χ2v) is 8.81. The van der Waals surface area contributed by atoms with E-state index in [4.69, 9.17) is 4.74 Å². The average Bonchev–Trinajstić information content (AvgIpc) is 2.62. The van der Waals surface area contributed by atoms with Crippen LogP contribution < -0.4 is 5.32 Å². The van der Waals surface area contributed by atoms with Crippen LogP contribution in [0.3, 0.4) is 0 Å². The van der Waals surface area contributed by atoms with Crippen LogP contribution in [-0.4, -0.2) is 91.8 Å². The number of nitrogens with zero attached hydrogens (tertiary/aromatic N) is 4. The fourth-order valence-corrected chi connectivity index (χ4v) is 3.54. The molecule has 0 radical (unpaired) electrons. The van der Waals surface area contributed by atoms with Crippen LogP contribution in [0.4, 0.5) is 4.79 Å². The molecular weight excluding hydrogens is 469 g/mol. The first-order chi connectivity index (χ1) is 12.8. The summed E-state index contributed by atoms with van der Waals surface area (Å²) in [6.07, 6.45) is 3.39. The lowest BCUT2D eigenvalue weighted by atomic mass is 10.00. The van der Waals surface area contributed by atoms with E-state index in [1.807, 2.05) is 32.7 Å². The maximum Gasteiger partial charge on any atom is 0.410 e. The first-order valence-corrected chi connectivity index (χ1v) is 10.4. The maximum absolute atomic E-state index is 12.1. The molecule has 0 saturated carbocycles. The number of amides is 1. The van der Waals surface area contributed by atoms with Gasteiger partial charge in [0, 0.05) is 52.9 Å². The van der Waals surface area contributed by atoms with E-state index in [1.54, 1.807) is 0 Å². The zero-order valence-corrected chi connectivity index (χ0v) is 20.7. The molecule has 0 aromatic heterocycles. The molecule has 28 heavy (non-hydrogen) atoms. The molecule has 0 unspecified atom stereocenters. The van der Waals surface area contributed by atoms with Gasteiger partial charge in [0.05, 0.1) is 0 Å². The number of piperazine rings is 1. The smallest absolute Gasteiger partial charge is 0.410 e. The van der Waals surface area contributed by atoms with Crippen LogP contribution >= 0.6 is 24.0 Å². The van der Waals surface area contributed by atoms with E-state index in [0.717, 1.165) is 70.7 Å². The van der Waals surface area contributed by atoms with Crippen molar-refractivity contribution < 1.29 is 9.53 Å². The summed E-state index contributed by atoms with van der Waals surface area (Å²) in [5.41, 5.74) is -0.426. The second-order valence-electron chi connectivity index (χ2n) is 8.81. The Hall–Kier alpha value is -0.770. The number of carbonyl (C=O) groups excluding carboxylic acids is 1. The molecule has 0 bridgehead atoms. The highest BCUT2D eigenvalue weighted by atomic mass is 127. The summed E-state index contributed by atoms with van der Waals surface area (Å²) in [7, 11) is 1.87. The van der Waals surface area contributed by atoms with E-state index in [0.29, 0.717) is 0 Å². The third-order valence-electron chi connectivity index (χ3n) is 5.25. The molecule has 7 nitrogen and oxygen atoms in total. The van der Waals surface area contributed by atoms with Crippen LogP contribution in [0, 0.1) is 5.92 Å². The maximum atomic E-state index is 12.1. The van der Waals surface area contributed by atoms with Gasteiger partial charge in [-0.15, -0.1) is 24.0 Å². The SMILES string of the molecule is CN=C(NCCCN1CCN(C(=O)OC(C)(C)C)CC1)N1CCC(C)CC1.I. The fraction of sp³-hybridized carbons (Fsp3) is 0.900. The van der Waals surface area contributed by atoms with Crippen LogP contribution in [0.5, 0.6) is 0 Å². The molecule has 1 N–H and O–H groups in total. The van der Waals surface area contributed by atoms with Crippen LogP contribution in [0.15, 0.2) is 4.99 Å². The van der Waals surface area contributed by atoms with Crippen molar-refractivity contribution in [2.45, 2.75) is 52.6 Å². The Kier molecular flexibility index (Phi) is 10.9. The van der Waals surface area contributed by atoms with E-state index in [9.17, 15) is 4.79 Å². The van der Waals surface area contributed by atoms with Crippen molar-refractivity contribution in [1.82, 2.24) is 20.0 Å². The minimum Gasteiger partial charge on any atom is -0.444 e. The zero-order valence-electron chi connectivity index (χ0n) is 18.4. The Labute approximate surface area is 188 Å². The summed E-state index contributed by atoms with van der Waals surface area (Å²) in [4.78, 5) is 23.2. The molecule has 2 aliphatic rings. The summed E-state index contributed by atoms with van der Waals surface area (Å²) in [6, 6.07) is 0. The Balaban J connectivity index is 0.00000392. The largest absolute Gasteiger partial charge is 0.444 e. The molecule has 0 aromatic rings. The summed E-state index contributed by atoms with van der Waals surface area (Å²) in [5, 5.41) is 3.51. The number of guanidine groups is 1. The van der Waals surface area contributed by atoms with Crippen molar-refractivity contribution in [3.8, 4) is 0 Å². The molecule has 2 fully saturated rings. The molecule has 2 aliphatic heterocycles. The Bertz CT molecular complexity index is 493. The van der Waals surface area contributed by atoms with Gasteiger partial charge in [-0.25, -0.2) is 4.79 Å². The summed E-state index contributed by atoms with van der Waals surface area (Å²) >= 11 is 0. The number of aliphatic imine (C=N–C) groups is 1. The van der Waals surface area contributed by atoms with Gasteiger partial charge in [-0.3, -0.25) is 9.89 Å².